The van der Waals surface area contributed by atoms with Gasteiger partial charge in [0.2, 0.25) is 0 Å². The van der Waals surface area contributed by atoms with Gasteiger partial charge in [-0.2, -0.15) is 0 Å². The highest BCUT2D eigenvalue weighted by molar-refractivity contribution is 5.70. The predicted molar refractivity (Wildman–Crippen MR) is 88.1 cm³/mol. The monoisotopic (exact) mass is 311 g/mol. The summed E-state index contributed by atoms with van der Waals surface area (Å²) < 4.78 is 5.25. The first kappa shape index (κ1) is 15.6. The fourth-order valence-corrected chi connectivity index (χ4v) is 3.10. The van der Waals surface area contributed by atoms with E-state index in [4.69, 9.17) is 4.74 Å². The molecule has 1 saturated heterocycles. The molecule has 0 spiro atoms. The lowest BCUT2D eigenvalue weighted by atomic mass is 10.0. The van der Waals surface area contributed by atoms with E-state index in [0.29, 0.717) is 13.0 Å². The number of hydrogen-bond acceptors (Lipinski definition) is 3. The van der Waals surface area contributed by atoms with Crippen molar-refractivity contribution < 1.29 is 14.6 Å². The molecular weight excluding hydrogens is 290 g/mol. The quantitative estimate of drug-likeness (QED) is 0.892. The number of aliphatic hydroxyl groups excluding tert-OH is 1. The van der Waals surface area contributed by atoms with Crippen molar-refractivity contribution in [2.24, 2.45) is 0 Å². The average Bonchev–Trinajstić information content (AvgIpc) is 2.95. The van der Waals surface area contributed by atoms with Gasteiger partial charge in [0.1, 0.15) is 6.61 Å². The van der Waals surface area contributed by atoms with E-state index in [1.54, 1.807) is 4.90 Å². The molecular formula is C19H21NO3. The molecule has 1 fully saturated rings. The van der Waals surface area contributed by atoms with Gasteiger partial charge in [-0.15, -0.1) is 0 Å². The summed E-state index contributed by atoms with van der Waals surface area (Å²) in [7, 11) is 0. The van der Waals surface area contributed by atoms with Gasteiger partial charge in [-0.25, -0.2) is 4.79 Å². The highest BCUT2D eigenvalue weighted by atomic mass is 16.6. The number of rotatable bonds is 6. The van der Waals surface area contributed by atoms with Crippen LogP contribution in [0.1, 0.15) is 11.1 Å². The van der Waals surface area contributed by atoms with Crippen LogP contribution in [0.5, 0.6) is 0 Å². The van der Waals surface area contributed by atoms with E-state index >= 15 is 0 Å². The third kappa shape index (κ3) is 3.71. The molecule has 4 heteroatoms. The van der Waals surface area contributed by atoms with Crippen LogP contribution in [0.4, 0.5) is 4.79 Å². The number of nitrogens with zero attached hydrogens (tertiary/aromatic N) is 1. The molecule has 2 aromatic carbocycles. The van der Waals surface area contributed by atoms with Crippen LogP contribution in [0.15, 0.2) is 60.7 Å². The average molecular weight is 311 g/mol. The second kappa shape index (κ2) is 7.29. The van der Waals surface area contributed by atoms with Gasteiger partial charge in [-0.1, -0.05) is 60.7 Å². The molecule has 1 heterocycles. The van der Waals surface area contributed by atoms with Gasteiger partial charge in [0, 0.05) is 0 Å². The van der Waals surface area contributed by atoms with Gasteiger partial charge in [0.25, 0.3) is 0 Å². The number of hydrogen-bond donors (Lipinski definition) is 1. The number of carbonyl (C=O) groups is 1. The van der Waals surface area contributed by atoms with Gasteiger partial charge in [0.15, 0.2) is 0 Å². The molecule has 23 heavy (non-hydrogen) atoms. The van der Waals surface area contributed by atoms with Crippen LogP contribution in [0.25, 0.3) is 0 Å². The SMILES string of the molecule is O=C1OC[C@H](Cc2ccccc2)N1[C@H](CO)Cc1ccccc1. The lowest BCUT2D eigenvalue weighted by Gasteiger charge is -2.29. The number of cyclic esters (lactones) is 1. The molecule has 120 valence electrons. The maximum atomic E-state index is 12.2. The smallest absolute Gasteiger partial charge is 0.410 e. The zero-order valence-electron chi connectivity index (χ0n) is 13.0. The van der Waals surface area contributed by atoms with Crippen molar-refractivity contribution in [2.75, 3.05) is 13.2 Å². The molecule has 2 atom stereocenters. The normalized spacial score (nSPS) is 18.7. The Kier molecular flexibility index (Phi) is 4.93. The van der Waals surface area contributed by atoms with Gasteiger partial charge >= 0.3 is 6.09 Å². The van der Waals surface area contributed by atoms with Crippen molar-refractivity contribution in [2.45, 2.75) is 24.9 Å². The minimum absolute atomic E-state index is 0.0363. The lowest BCUT2D eigenvalue weighted by molar-refractivity contribution is 0.115. The Morgan fingerprint density at radius 2 is 1.65 bits per heavy atom. The van der Waals surface area contributed by atoms with Gasteiger partial charge in [-0.3, -0.25) is 4.90 Å². The van der Waals surface area contributed by atoms with Gasteiger partial charge in [-0.05, 0) is 24.0 Å². The number of aliphatic hydroxyl groups is 1. The predicted octanol–water partition coefficient (Wildman–Crippen LogP) is 2.65. The van der Waals surface area contributed by atoms with Crippen LogP contribution in [-0.2, 0) is 17.6 Å². The number of amides is 1. The van der Waals surface area contributed by atoms with Crippen LogP contribution in [0, 0.1) is 0 Å². The highest BCUT2D eigenvalue weighted by Gasteiger charge is 2.37. The summed E-state index contributed by atoms with van der Waals surface area (Å²) in [6.07, 6.45) is 1.02. The molecule has 3 rings (SSSR count). The summed E-state index contributed by atoms with van der Waals surface area (Å²) in [6.45, 7) is 0.300. The summed E-state index contributed by atoms with van der Waals surface area (Å²) in [6, 6.07) is 19.7. The van der Waals surface area contributed by atoms with Crippen molar-refractivity contribution in [3.8, 4) is 0 Å². The molecule has 1 aliphatic heterocycles. The Morgan fingerprint density at radius 3 is 2.26 bits per heavy atom. The molecule has 1 amide bonds. The van der Waals surface area contributed by atoms with Crippen molar-refractivity contribution in [3.63, 3.8) is 0 Å². The Labute approximate surface area is 136 Å². The van der Waals surface area contributed by atoms with E-state index in [1.165, 1.54) is 0 Å². The van der Waals surface area contributed by atoms with E-state index in [0.717, 1.165) is 17.5 Å². The largest absolute Gasteiger partial charge is 0.447 e. The third-order valence-corrected chi connectivity index (χ3v) is 4.24. The van der Waals surface area contributed by atoms with Crippen molar-refractivity contribution >= 4 is 6.09 Å². The fourth-order valence-electron chi connectivity index (χ4n) is 3.10. The summed E-state index contributed by atoms with van der Waals surface area (Å²) in [5, 5.41) is 9.80. The Bertz CT molecular complexity index is 630. The van der Waals surface area contributed by atoms with Crippen LogP contribution < -0.4 is 0 Å². The molecule has 0 saturated carbocycles. The molecule has 0 aromatic heterocycles. The Hall–Kier alpha value is -2.33. The Morgan fingerprint density at radius 1 is 1.04 bits per heavy atom. The zero-order valence-corrected chi connectivity index (χ0v) is 13.0. The first-order valence-corrected chi connectivity index (χ1v) is 7.91. The van der Waals surface area contributed by atoms with Crippen molar-refractivity contribution in [1.29, 1.82) is 0 Å². The lowest BCUT2D eigenvalue weighted by Crippen LogP contribution is -2.46. The first-order chi connectivity index (χ1) is 11.3. The maximum Gasteiger partial charge on any atom is 0.410 e. The van der Waals surface area contributed by atoms with E-state index in [9.17, 15) is 9.90 Å². The van der Waals surface area contributed by atoms with Crippen LogP contribution in [0.2, 0.25) is 0 Å². The maximum absolute atomic E-state index is 12.2. The van der Waals surface area contributed by atoms with E-state index in [-0.39, 0.29) is 24.8 Å². The van der Waals surface area contributed by atoms with Crippen LogP contribution >= 0.6 is 0 Å². The summed E-state index contributed by atoms with van der Waals surface area (Å²) in [5.74, 6) is 0. The highest BCUT2D eigenvalue weighted by Crippen LogP contribution is 2.22. The summed E-state index contributed by atoms with van der Waals surface area (Å²) >= 11 is 0. The number of ether oxygens (including phenoxy) is 1. The first-order valence-electron chi connectivity index (χ1n) is 7.91. The zero-order chi connectivity index (χ0) is 16.1. The molecule has 0 bridgehead atoms. The Balaban J connectivity index is 1.75. The van der Waals surface area contributed by atoms with E-state index in [1.807, 2.05) is 60.7 Å². The fraction of sp³-hybridized carbons (Fsp3) is 0.316. The van der Waals surface area contributed by atoms with Crippen molar-refractivity contribution in [1.82, 2.24) is 4.90 Å². The van der Waals surface area contributed by atoms with E-state index in [2.05, 4.69) is 0 Å². The standard InChI is InChI=1S/C19H21NO3/c21-13-17(11-15-7-3-1-4-8-15)20-18(14-23-19(20)22)12-16-9-5-2-6-10-16/h1-10,17-18,21H,11-14H2/t17-,18-/m0/s1. The second-order valence-corrected chi connectivity index (χ2v) is 5.85. The molecule has 1 aliphatic rings. The molecule has 0 radical (unpaired) electrons. The third-order valence-electron chi connectivity index (χ3n) is 4.24. The summed E-state index contributed by atoms with van der Waals surface area (Å²) in [4.78, 5) is 13.9. The van der Waals surface area contributed by atoms with Gasteiger partial charge in [0.05, 0.1) is 18.7 Å². The summed E-state index contributed by atoms with van der Waals surface area (Å²) in [5.41, 5.74) is 2.27. The minimum Gasteiger partial charge on any atom is -0.447 e. The number of benzene rings is 2. The molecule has 4 nitrogen and oxygen atoms in total. The van der Waals surface area contributed by atoms with Crippen LogP contribution in [0.3, 0.4) is 0 Å². The van der Waals surface area contributed by atoms with Gasteiger partial charge < -0.3 is 9.84 Å². The molecule has 1 N–H and O–H groups in total. The second-order valence-electron chi connectivity index (χ2n) is 5.85. The molecule has 2 aromatic rings. The number of carbonyl (C=O) groups excluding carboxylic acids is 1. The van der Waals surface area contributed by atoms with Crippen molar-refractivity contribution in [3.05, 3.63) is 71.8 Å². The van der Waals surface area contributed by atoms with E-state index < -0.39 is 0 Å². The molecule has 0 unspecified atom stereocenters. The molecule has 0 aliphatic carbocycles. The minimum atomic E-state index is -0.332. The van der Waals surface area contributed by atoms with Crippen LogP contribution in [-0.4, -0.2) is 41.4 Å². The topological polar surface area (TPSA) is 49.8 Å².